The Morgan fingerprint density at radius 2 is 2.19 bits per heavy atom. The van der Waals surface area contributed by atoms with Crippen LogP contribution in [-0.2, 0) is 4.79 Å². The summed E-state index contributed by atoms with van der Waals surface area (Å²) in [6.07, 6.45) is 4.64. The van der Waals surface area contributed by atoms with Crippen molar-refractivity contribution < 1.29 is 9.59 Å². The standard InChI is InChI=1S/C15H22N2O2S2/c1-2-20-12-7-4-3-6-11(12)17-14(18)10-16-15(19)13-8-5-9-21-13/h5,8-9,11-12H,2-4,6-7,10H2,1H3,(H,16,19)(H,17,18)/t11-,12+/m1/s1. The molecule has 1 heterocycles. The van der Waals surface area contributed by atoms with Crippen molar-refractivity contribution in [2.75, 3.05) is 12.3 Å². The molecule has 2 N–H and O–H groups in total. The number of nitrogens with one attached hydrogen (secondary N) is 2. The van der Waals surface area contributed by atoms with Crippen LogP contribution in [0.1, 0.15) is 42.3 Å². The molecule has 1 saturated carbocycles. The van der Waals surface area contributed by atoms with Crippen LogP contribution in [0.4, 0.5) is 0 Å². The first-order valence-corrected chi connectivity index (χ1v) is 9.36. The molecule has 0 aliphatic heterocycles. The van der Waals surface area contributed by atoms with Crippen LogP contribution in [0.15, 0.2) is 17.5 Å². The zero-order valence-electron chi connectivity index (χ0n) is 12.3. The number of carbonyl (C=O) groups is 2. The van der Waals surface area contributed by atoms with Gasteiger partial charge in [-0.2, -0.15) is 11.8 Å². The number of carbonyl (C=O) groups excluding carboxylic acids is 2. The molecule has 2 atom stereocenters. The van der Waals surface area contributed by atoms with Gasteiger partial charge in [0.2, 0.25) is 5.91 Å². The van der Waals surface area contributed by atoms with Gasteiger partial charge in [-0.1, -0.05) is 25.8 Å². The van der Waals surface area contributed by atoms with Crippen LogP contribution in [-0.4, -0.2) is 35.4 Å². The maximum Gasteiger partial charge on any atom is 0.261 e. The third-order valence-corrected chi connectivity index (χ3v) is 5.78. The summed E-state index contributed by atoms with van der Waals surface area (Å²) in [5, 5.41) is 8.12. The first-order chi connectivity index (χ1) is 10.2. The van der Waals surface area contributed by atoms with Gasteiger partial charge in [-0.15, -0.1) is 11.3 Å². The first kappa shape index (κ1) is 16.4. The predicted molar refractivity (Wildman–Crippen MR) is 89.0 cm³/mol. The van der Waals surface area contributed by atoms with Crippen LogP contribution in [0.3, 0.4) is 0 Å². The van der Waals surface area contributed by atoms with Crippen LogP contribution < -0.4 is 10.6 Å². The molecule has 0 aromatic carbocycles. The summed E-state index contributed by atoms with van der Waals surface area (Å²) < 4.78 is 0. The van der Waals surface area contributed by atoms with Crippen LogP contribution in [0.5, 0.6) is 0 Å². The molecule has 1 aliphatic carbocycles. The molecule has 1 aromatic heterocycles. The van der Waals surface area contributed by atoms with E-state index in [0.717, 1.165) is 12.2 Å². The van der Waals surface area contributed by atoms with E-state index in [2.05, 4.69) is 17.6 Å². The van der Waals surface area contributed by atoms with E-state index in [0.29, 0.717) is 10.1 Å². The summed E-state index contributed by atoms with van der Waals surface area (Å²) in [6.45, 7) is 2.20. The molecule has 0 bridgehead atoms. The Morgan fingerprint density at radius 1 is 1.38 bits per heavy atom. The minimum Gasteiger partial charge on any atom is -0.351 e. The second-order valence-corrected chi connectivity index (χ2v) is 7.58. The van der Waals surface area contributed by atoms with Gasteiger partial charge in [0, 0.05) is 11.3 Å². The molecule has 116 valence electrons. The number of amides is 2. The van der Waals surface area contributed by atoms with E-state index in [1.165, 1.54) is 30.6 Å². The number of rotatable bonds is 6. The summed E-state index contributed by atoms with van der Waals surface area (Å²) in [5.41, 5.74) is 0. The van der Waals surface area contributed by atoms with Crippen molar-refractivity contribution in [2.45, 2.75) is 43.9 Å². The van der Waals surface area contributed by atoms with E-state index in [1.54, 1.807) is 6.07 Å². The van der Waals surface area contributed by atoms with Crippen LogP contribution in [0, 0.1) is 0 Å². The zero-order chi connectivity index (χ0) is 15.1. The summed E-state index contributed by atoms with van der Waals surface area (Å²) in [6, 6.07) is 3.83. The van der Waals surface area contributed by atoms with Gasteiger partial charge in [-0.05, 0) is 30.0 Å². The van der Waals surface area contributed by atoms with Gasteiger partial charge in [-0.25, -0.2) is 0 Å². The van der Waals surface area contributed by atoms with E-state index in [9.17, 15) is 9.59 Å². The van der Waals surface area contributed by atoms with Crippen molar-refractivity contribution in [3.05, 3.63) is 22.4 Å². The van der Waals surface area contributed by atoms with Crippen molar-refractivity contribution >= 4 is 34.9 Å². The highest BCUT2D eigenvalue weighted by molar-refractivity contribution is 7.99. The van der Waals surface area contributed by atoms with E-state index >= 15 is 0 Å². The molecule has 0 radical (unpaired) electrons. The Morgan fingerprint density at radius 3 is 2.90 bits per heavy atom. The highest BCUT2D eigenvalue weighted by atomic mass is 32.2. The summed E-state index contributed by atoms with van der Waals surface area (Å²) in [7, 11) is 0. The van der Waals surface area contributed by atoms with Gasteiger partial charge in [-0.3, -0.25) is 9.59 Å². The Labute approximate surface area is 134 Å². The van der Waals surface area contributed by atoms with Gasteiger partial charge in [0.25, 0.3) is 5.91 Å². The molecular weight excluding hydrogens is 304 g/mol. The van der Waals surface area contributed by atoms with Gasteiger partial charge < -0.3 is 10.6 Å². The van der Waals surface area contributed by atoms with Gasteiger partial charge in [0.1, 0.15) is 0 Å². The smallest absolute Gasteiger partial charge is 0.261 e. The largest absolute Gasteiger partial charge is 0.351 e. The van der Waals surface area contributed by atoms with Gasteiger partial charge >= 0.3 is 0 Å². The SMILES string of the molecule is CCS[C@H]1CCCC[C@H]1NC(=O)CNC(=O)c1cccs1. The molecule has 1 aromatic rings. The average molecular weight is 326 g/mol. The highest BCUT2D eigenvalue weighted by Crippen LogP contribution is 2.28. The quantitative estimate of drug-likeness (QED) is 0.845. The Hall–Kier alpha value is -1.01. The molecule has 6 heteroatoms. The van der Waals surface area contributed by atoms with E-state index in [-0.39, 0.29) is 24.4 Å². The van der Waals surface area contributed by atoms with Gasteiger partial charge in [0.05, 0.1) is 11.4 Å². The average Bonchev–Trinajstić information content (AvgIpc) is 3.01. The maximum atomic E-state index is 12.0. The number of hydrogen-bond donors (Lipinski definition) is 2. The van der Waals surface area contributed by atoms with Crippen molar-refractivity contribution in [3.8, 4) is 0 Å². The van der Waals surface area contributed by atoms with Gasteiger partial charge in [0.15, 0.2) is 0 Å². The molecule has 21 heavy (non-hydrogen) atoms. The summed E-state index contributed by atoms with van der Waals surface area (Å²) in [5.74, 6) is 0.809. The lowest BCUT2D eigenvalue weighted by atomic mass is 9.95. The lowest BCUT2D eigenvalue weighted by Crippen LogP contribution is -2.47. The topological polar surface area (TPSA) is 58.2 Å². The number of hydrogen-bond acceptors (Lipinski definition) is 4. The molecule has 0 spiro atoms. The summed E-state index contributed by atoms with van der Waals surface area (Å²) >= 11 is 3.30. The Balaban J connectivity index is 1.76. The fourth-order valence-corrected chi connectivity index (χ4v) is 4.43. The maximum absolute atomic E-state index is 12.0. The van der Waals surface area contributed by atoms with Crippen molar-refractivity contribution in [1.29, 1.82) is 0 Å². The molecule has 2 amide bonds. The number of thioether (sulfide) groups is 1. The number of thiophene rings is 1. The zero-order valence-corrected chi connectivity index (χ0v) is 13.9. The lowest BCUT2D eigenvalue weighted by molar-refractivity contribution is -0.121. The Bertz CT molecular complexity index is 460. The predicted octanol–water partition coefficient (Wildman–Crippen LogP) is 2.66. The fourth-order valence-electron chi connectivity index (χ4n) is 2.59. The fraction of sp³-hybridized carbons (Fsp3) is 0.600. The van der Waals surface area contributed by atoms with Crippen molar-refractivity contribution in [1.82, 2.24) is 10.6 Å². The van der Waals surface area contributed by atoms with Crippen molar-refractivity contribution in [2.24, 2.45) is 0 Å². The normalized spacial score (nSPS) is 21.8. The molecular formula is C15H22N2O2S2. The second-order valence-electron chi connectivity index (χ2n) is 5.11. The van der Waals surface area contributed by atoms with E-state index in [1.807, 2.05) is 23.2 Å². The van der Waals surface area contributed by atoms with Crippen LogP contribution in [0.25, 0.3) is 0 Å². The third kappa shape index (κ3) is 5.04. The van der Waals surface area contributed by atoms with E-state index in [4.69, 9.17) is 0 Å². The molecule has 1 fully saturated rings. The molecule has 1 aliphatic rings. The minimum absolute atomic E-state index is 0.0523. The summed E-state index contributed by atoms with van der Waals surface area (Å²) in [4.78, 5) is 24.4. The van der Waals surface area contributed by atoms with Crippen molar-refractivity contribution in [3.63, 3.8) is 0 Å². The monoisotopic (exact) mass is 326 g/mol. The highest BCUT2D eigenvalue weighted by Gasteiger charge is 2.26. The third-order valence-electron chi connectivity index (χ3n) is 3.58. The van der Waals surface area contributed by atoms with E-state index < -0.39 is 0 Å². The minimum atomic E-state index is -0.178. The first-order valence-electron chi connectivity index (χ1n) is 7.43. The molecule has 2 rings (SSSR count). The lowest BCUT2D eigenvalue weighted by Gasteiger charge is -2.31. The van der Waals surface area contributed by atoms with Crippen LogP contribution in [0.2, 0.25) is 0 Å². The molecule has 4 nitrogen and oxygen atoms in total. The molecule has 0 unspecified atom stereocenters. The Kier molecular flexibility index (Phi) is 6.57. The molecule has 0 saturated heterocycles. The second kappa shape index (κ2) is 8.44. The van der Waals surface area contributed by atoms with Crippen LogP contribution >= 0.6 is 23.1 Å².